The van der Waals surface area contributed by atoms with Gasteiger partial charge in [0.05, 0.1) is 12.0 Å². The number of nitrogens with zero attached hydrogens (tertiary/aromatic N) is 3. The summed E-state index contributed by atoms with van der Waals surface area (Å²) in [5, 5.41) is 8.24. The van der Waals surface area contributed by atoms with Crippen molar-refractivity contribution in [2.45, 2.75) is 123 Å². The zero-order chi connectivity index (χ0) is 40.7. The Labute approximate surface area is 331 Å². The molecule has 304 valence electrons. The maximum absolute atomic E-state index is 14.3. The van der Waals surface area contributed by atoms with Gasteiger partial charge < -0.3 is 25.0 Å². The number of esters is 2. The van der Waals surface area contributed by atoms with E-state index in [1.807, 2.05) is 65.1 Å². The van der Waals surface area contributed by atoms with E-state index in [2.05, 4.69) is 27.1 Å². The highest BCUT2D eigenvalue weighted by molar-refractivity contribution is 7.09. The zero-order valence-electron chi connectivity index (χ0n) is 34.0. The van der Waals surface area contributed by atoms with E-state index in [9.17, 15) is 24.0 Å². The van der Waals surface area contributed by atoms with Gasteiger partial charge in [-0.2, -0.15) is 0 Å². The Morgan fingerprint density at radius 2 is 1.76 bits per heavy atom. The summed E-state index contributed by atoms with van der Waals surface area (Å²) in [7, 11) is 3.69. The number of piperidine rings is 1. The van der Waals surface area contributed by atoms with E-state index in [-0.39, 0.29) is 66.8 Å². The molecule has 1 aliphatic rings. The number of aromatic nitrogens is 1. The van der Waals surface area contributed by atoms with Crippen LogP contribution in [0.4, 0.5) is 0 Å². The largest absolute Gasteiger partial charge is 0.461 e. The van der Waals surface area contributed by atoms with E-state index in [0.29, 0.717) is 24.3 Å². The van der Waals surface area contributed by atoms with Gasteiger partial charge in [0.1, 0.15) is 23.4 Å². The van der Waals surface area contributed by atoms with Gasteiger partial charge in [-0.25, -0.2) is 4.98 Å². The van der Waals surface area contributed by atoms with Crippen LogP contribution in [-0.2, 0) is 35.1 Å². The predicted molar refractivity (Wildman–Crippen MR) is 215 cm³/mol. The third-order valence-corrected chi connectivity index (χ3v) is 11.5. The van der Waals surface area contributed by atoms with Crippen LogP contribution in [0.25, 0.3) is 0 Å². The van der Waals surface area contributed by atoms with Gasteiger partial charge in [0, 0.05) is 37.4 Å². The first-order chi connectivity index (χ1) is 26.2. The Morgan fingerprint density at radius 1 is 1.05 bits per heavy atom. The average Bonchev–Trinajstić information content (AvgIpc) is 3.67. The number of benzene rings is 1. The molecule has 1 saturated heterocycles. The van der Waals surface area contributed by atoms with Crippen LogP contribution in [0.2, 0.25) is 0 Å². The molecular formula is C42H63N5O7S. The monoisotopic (exact) mass is 781 g/mol. The molecule has 13 heteroatoms. The Hall–Kier alpha value is -4.10. The molecule has 55 heavy (non-hydrogen) atoms. The fourth-order valence-electron chi connectivity index (χ4n) is 6.96. The van der Waals surface area contributed by atoms with Crippen molar-refractivity contribution in [2.24, 2.45) is 17.8 Å². The van der Waals surface area contributed by atoms with E-state index < -0.39 is 36.0 Å². The number of thiazole rings is 1. The standard InChI is InChI=1S/C42H63N5O7S/c1-10-22-53-42(52)29(7)23-31(24-30-18-14-13-15-19-30)43-38(49)32-26-55-40(44-32)35(54-36(48)12-3)25-34(27(4)5)47(9)41(51)37(28(6)11-2)45-39(50)33-20-16-17-21-46(33)8/h10,13-15,18-19,26-29,31,33-35,37H,1,11-12,16-17,20-25H2,2-9H3,(H,43,49)(H,45,50)/t28-,29-,31+,33+,34+,35+,37-/m0/s1. The molecule has 3 rings (SSSR count). The van der Waals surface area contributed by atoms with Crippen LogP contribution in [0, 0.1) is 17.8 Å². The van der Waals surface area contributed by atoms with Gasteiger partial charge in [-0.05, 0) is 56.7 Å². The quantitative estimate of drug-likeness (QED) is 0.113. The number of ether oxygens (including phenoxy) is 2. The summed E-state index contributed by atoms with van der Waals surface area (Å²) < 4.78 is 11.2. The molecule has 2 heterocycles. The highest BCUT2D eigenvalue weighted by atomic mass is 32.1. The first kappa shape index (κ1) is 45.3. The Bertz CT molecular complexity index is 1570. The van der Waals surface area contributed by atoms with Crippen LogP contribution < -0.4 is 10.6 Å². The first-order valence-corrected chi connectivity index (χ1v) is 20.6. The summed E-state index contributed by atoms with van der Waals surface area (Å²) >= 11 is 1.21. The number of hydrogen-bond donors (Lipinski definition) is 2. The zero-order valence-corrected chi connectivity index (χ0v) is 34.9. The number of rotatable bonds is 21. The lowest BCUT2D eigenvalue weighted by atomic mass is 9.92. The van der Waals surface area contributed by atoms with Crippen LogP contribution in [0.3, 0.4) is 0 Å². The van der Waals surface area contributed by atoms with Crippen molar-refractivity contribution in [3.8, 4) is 0 Å². The normalized spacial score (nSPS) is 17.9. The molecule has 0 unspecified atom stereocenters. The summed E-state index contributed by atoms with van der Waals surface area (Å²) in [5.74, 6) is -2.19. The van der Waals surface area contributed by atoms with Gasteiger partial charge in [0.25, 0.3) is 5.91 Å². The maximum Gasteiger partial charge on any atom is 0.309 e. The molecule has 3 amide bonds. The summed E-state index contributed by atoms with van der Waals surface area (Å²) in [4.78, 5) is 75.2. The second kappa shape index (κ2) is 22.5. The molecule has 0 spiro atoms. The number of carbonyl (C=O) groups excluding carboxylic acids is 5. The summed E-state index contributed by atoms with van der Waals surface area (Å²) in [6, 6.07) is 7.92. The first-order valence-electron chi connectivity index (χ1n) is 19.7. The van der Waals surface area contributed by atoms with Crippen molar-refractivity contribution in [2.75, 3.05) is 27.2 Å². The van der Waals surface area contributed by atoms with Crippen molar-refractivity contribution in [3.63, 3.8) is 0 Å². The van der Waals surface area contributed by atoms with E-state index in [0.717, 1.165) is 31.4 Å². The van der Waals surface area contributed by atoms with Crippen LogP contribution in [0.15, 0.2) is 48.4 Å². The third kappa shape index (κ3) is 13.6. The molecule has 1 aromatic heterocycles. The van der Waals surface area contributed by atoms with Gasteiger partial charge in [0.15, 0.2) is 6.10 Å². The number of nitrogens with one attached hydrogen (secondary N) is 2. The fraction of sp³-hybridized carbons (Fsp3) is 0.619. The minimum atomic E-state index is -0.825. The Morgan fingerprint density at radius 3 is 2.38 bits per heavy atom. The molecule has 2 N–H and O–H groups in total. The van der Waals surface area contributed by atoms with Crippen molar-refractivity contribution in [1.82, 2.24) is 25.4 Å². The summed E-state index contributed by atoms with van der Waals surface area (Å²) in [5.41, 5.74) is 1.16. The molecule has 1 aromatic carbocycles. The highest BCUT2D eigenvalue weighted by Gasteiger charge is 2.37. The van der Waals surface area contributed by atoms with Gasteiger partial charge >= 0.3 is 11.9 Å². The Balaban J connectivity index is 1.84. The Kier molecular flexibility index (Phi) is 18.5. The van der Waals surface area contributed by atoms with E-state index >= 15 is 0 Å². The smallest absolute Gasteiger partial charge is 0.309 e. The molecule has 0 bridgehead atoms. The van der Waals surface area contributed by atoms with Crippen molar-refractivity contribution in [1.29, 1.82) is 0 Å². The topological polar surface area (TPSA) is 147 Å². The molecule has 2 aromatic rings. The number of carbonyl (C=O) groups is 5. The highest BCUT2D eigenvalue weighted by Crippen LogP contribution is 2.31. The number of hydrogen-bond acceptors (Lipinski definition) is 10. The van der Waals surface area contributed by atoms with Gasteiger partial charge in [-0.15, -0.1) is 11.3 Å². The SMILES string of the molecule is C=CCOC(=O)[C@@H](C)C[C@H](Cc1ccccc1)NC(=O)c1csc([C@@H](C[C@H](C(C)C)N(C)C(=O)[C@@H](NC(=O)[C@H]2CCCCN2C)[C@@H](C)CC)OC(=O)CC)n1. The van der Waals surface area contributed by atoms with Crippen LogP contribution in [0.5, 0.6) is 0 Å². The second-order valence-corrected chi connectivity index (χ2v) is 16.1. The molecule has 0 saturated carbocycles. The van der Waals surface area contributed by atoms with Gasteiger partial charge in [0.2, 0.25) is 11.8 Å². The summed E-state index contributed by atoms with van der Waals surface area (Å²) in [6.07, 6.45) is 5.38. The second-order valence-electron chi connectivity index (χ2n) is 15.2. The molecule has 12 nitrogen and oxygen atoms in total. The van der Waals surface area contributed by atoms with E-state index in [4.69, 9.17) is 9.47 Å². The van der Waals surface area contributed by atoms with Crippen LogP contribution in [0.1, 0.15) is 114 Å². The fourth-order valence-corrected chi connectivity index (χ4v) is 7.80. The van der Waals surface area contributed by atoms with Crippen molar-refractivity contribution in [3.05, 3.63) is 64.6 Å². The molecule has 0 aliphatic carbocycles. The predicted octanol–water partition coefficient (Wildman–Crippen LogP) is 6.12. The minimum absolute atomic E-state index is 0.0452. The molecule has 7 atom stereocenters. The molecule has 0 radical (unpaired) electrons. The third-order valence-electron chi connectivity index (χ3n) is 10.6. The van der Waals surface area contributed by atoms with Gasteiger partial charge in [-0.1, -0.05) is 97.4 Å². The van der Waals surface area contributed by atoms with Gasteiger partial charge in [-0.3, -0.25) is 28.9 Å². The minimum Gasteiger partial charge on any atom is -0.461 e. The van der Waals surface area contributed by atoms with Crippen LogP contribution >= 0.6 is 11.3 Å². The molecule has 1 fully saturated rings. The molecule has 1 aliphatic heterocycles. The number of amides is 3. The lowest BCUT2D eigenvalue weighted by Crippen LogP contribution is -2.58. The maximum atomic E-state index is 14.3. The van der Waals surface area contributed by atoms with E-state index in [1.165, 1.54) is 17.4 Å². The lowest BCUT2D eigenvalue weighted by Gasteiger charge is -2.38. The van der Waals surface area contributed by atoms with Crippen molar-refractivity contribution >= 4 is 41.0 Å². The number of likely N-dealkylation sites (N-methyl/N-ethyl adjacent to an activating group) is 2. The number of likely N-dealkylation sites (tertiary alicyclic amines) is 1. The lowest BCUT2D eigenvalue weighted by molar-refractivity contribution is -0.151. The van der Waals surface area contributed by atoms with E-state index in [1.54, 1.807) is 31.2 Å². The van der Waals surface area contributed by atoms with Crippen molar-refractivity contribution < 1.29 is 33.4 Å². The molecular weight excluding hydrogens is 719 g/mol. The van der Waals surface area contributed by atoms with Crippen LogP contribution in [-0.4, -0.2) is 95.9 Å². The average molecular weight is 782 g/mol. The summed E-state index contributed by atoms with van der Waals surface area (Å²) in [6.45, 7) is 16.0.